The molecule has 2 atom stereocenters. The van der Waals surface area contributed by atoms with Crippen LogP contribution in [0.25, 0.3) is 0 Å². The van der Waals surface area contributed by atoms with Crippen LogP contribution in [0.5, 0.6) is 0 Å². The zero-order chi connectivity index (χ0) is 12.4. The summed E-state index contributed by atoms with van der Waals surface area (Å²) in [4.78, 5) is 11.7. The third-order valence-electron chi connectivity index (χ3n) is 3.32. The minimum Gasteiger partial charge on any atom is -0.381 e. The van der Waals surface area contributed by atoms with Crippen molar-refractivity contribution >= 4 is 50.0 Å². The number of carbonyl (C=O) groups excluding carboxylic acids is 1. The molecular formula is C13H15BrINO. The first kappa shape index (κ1) is 13.3. The monoisotopic (exact) mass is 407 g/mol. The molecule has 1 aliphatic rings. The number of ketones is 1. The topological polar surface area (TPSA) is 29.1 Å². The fraction of sp³-hybridized carbons (Fsp3) is 0.462. The fourth-order valence-electron chi connectivity index (χ4n) is 2.20. The Morgan fingerprint density at radius 3 is 2.94 bits per heavy atom. The van der Waals surface area contributed by atoms with Crippen LogP contribution in [0.15, 0.2) is 22.7 Å². The summed E-state index contributed by atoms with van der Waals surface area (Å²) in [6, 6.07) is 6.46. The normalized spacial score (nSPS) is 24.8. The molecular weight excluding hydrogens is 393 g/mol. The maximum Gasteiger partial charge on any atom is 0.137 e. The molecule has 0 aromatic heterocycles. The highest BCUT2D eigenvalue weighted by Gasteiger charge is 2.28. The van der Waals surface area contributed by atoms with Crippen molar-refractivity contribution in [3.8, 4) is 0 Å². The number of carbonyl (C=O) groups is 1. The van der Waals surface area contributed by atoms with Crippen LogP contribution in [0.4, 0.5) is 5.69 Å². The van der Waals surface area contributed by atoms with Crippen LogP contribution < -0.4 is 5.32 Å². The number of hydrogen-bond acceptors (Lipinski definition) is 2. The third-order valence-corrected chi connectivity index (χ3v) is 4.71. The lowest BCUT2D eigenvalue weighted by molar-refractivity contribution is -0.124. The van der Waals surface area contributed by atoms with Gasteiger partial charge in [-0.2, -0.15) is 0 Å². The lowest BCUT2D eigenvalue weighted by atomic mass is 9.84. The molecule has 0 aliphatic heterocycles. The Labute approximate surface area is 124 Å². The Balaban J connectivity index is 2.12. The molecule has 92 valence electrons. The lowest BCUT2D eigenvalue weighted by Crippen LogP contribution is -2.36. The summed E-state index contributed by atoms with van der Waals surface area (Å²) in [5.41, 5.74) is 1.13. The smallest absolute Gasteiger partial charge is 0.137 e. The predicted octanol–water partition coefficient (Wildman–Crippen LogP) is 4.22. The first-order valence-corrected chi connectivity index (χ1v) is 7.69. The zero-order valence-corrected chi connectivity index (χ0v) is 13.4. The van der Waals surface area contributed by atoms with Gasteiger partial charge >= 0.3 is 0 Å². The van der Waals surface area contributed by atoms with E-state index in [-0.39, 0.29) is 12.0 Å². The van der Waals surface area contributed by atoms with Crippen molar-refractivity contribution in [2.24, 2.45) is 5.92 Å². The summed E-state index contributed by atoms with van der Waals surface area (Å²) in [7, 11) is 0. The molecule has 0 saturated heterocycles. The third kappa shape index (κ3) is 3.22. The Kier molecular flexibility index (Phi) is 4.47. The highest BCUT2D eigenvalue weighted by molar-refractivity contribution is 14.1. The molecule has 1 aromatic carbocycles. The Bertz CT molecular complexity index is 435. The van der Waals surface area contributed by atoms with Crippen LogP contribution in [0, 0.1) is 9.49 Å². The van der Waals surface area contributed by atoms with Crippen molar-refractivity contribution in [3.63, 3.8) is 0 Å². The highest BCUT2D eigenvalue weighted by atomic mass is 127. The molecule has 1 aliphatic carbocycles. The van der Waals surface area contributed by atoms with Crippen molar-refractivity contribution in [1.82, 2.24) is 0 Å². The van der Waals surface area contributed by atoms with Crippen molar-refractivity contribution in [2.45, 2.75) is 32.2 Å². The number of rotatable bonds is 2. The van der Waals surface area contributed by atoms with E-state index in [9.17, 15) is 4.79 Å². The first-order chi connectivity index (χ1) is 8.08. The zero-order valence-electron chi connectivity index (χ0n) is 9.67. The first-order valence-electron chi connectivity index (χ1n) is 5.82. The van der Waals surface area contributed by atoms with Gasteiger partial charge in [0, 0.05) is 32.1 Å². The molecule has 1 saturated carbocycles. The fourth-order valence-corrected chi connectivity index (χ4v) is 3.66. The van der Waals surface area contributed by atoms with Crippen molar-refractivity contribution < 1.29 is 4.79 Å². The molecule has 2 unspecified atom stereocenters. The van der Waals surface area contributed by atoms with Gasteiger partial charge in [0.1, 0.15) is 5.78 Å². The van der Waals surface area contributed by atoms with Gasteiger partial charge in [-0.1, -0.05) is 22.9 Å². The number of hydrogen-bond donors (Lipinski definition) is 1. The molecule has 0 heterocycles. The van der Waals surface area contributed by atoms with E-state index >= 15 is 0 Å². The number of benzene rings is 1. The highest BCUT2D eigenvalue weighted by Crippen LogP contribution is 2.28. The van der Waals surface area contributed by atoms with Gasteiger partial charge in [0.25, 0.3) is 0 Å². The minimum atomic E-state index is 0.128. The summed E-state index contributed by atoms with van der Waals surface area (Å²) in [5, 5.41) is 3.51. The van der Waals surface area contributed by atoms with Crippen LogP contribution in [0.1, 0.15) is 26.2 Å². The van der Waals surface area contributed by atoms with Crippen LogP contribution in [0.3, 0.4) is 0 Å². The van der Waals surface area contributed by atoms with Gasteiger partial charge in [-0.15, -0.1) is 0 Å². The average molecular weight is 408 g/mol. The van der Waals surface area contributed by atoms with Gasteiger partial charge in [-0.05, 0) is 53.6 Å². The molecule has 17 heavy (non-hydrogen) atoms. The second-order valence-corrected chi connectivity index (χ2v) is 6.60. The van der Waals surface area contributed by atoms with Gasteiger partial charge in [-0.25, -0.2) is 0 Å². The molecule has 2 nitrogen and oxygen atoms in total. The number of anilines is 1. The Morgan fingerprint density at radius 1 is 1.47 bits per heavy atom. The van der Waals surface area contributed by atoms with E-state index in [1.807, 2.05) is 13.0 Å². The summed E-state index contributed by atoms with van der Waals surface area (Å²) < 4.78 is 2.27. The van der Waals surface area contributed by atoms with E-state index in [0.29, 0.717) is 5.78 Å². The van der Waals surface area contributed by atoms with Gasteiger partial charge in [0.15, 0.2) is 0 Å². The summed E-state index contributed by atoms with van der Waals surface area (Å²) in [6.07, 6.45) is 2.84. The van der Waals surface area contributed by atoms with Crippen LogP contribution in [-0.2, 0) is 4.79 Å². The second kappa shape index (κ2) is 5.69. The Morgan fingerprint density at radius 2 is 2.24 bits per heavy atom. The number of Topliss-reactive ketones (excluding diaryl/α,β-unsaturated/α-hetero) is 1. The summed E-state index contributed by atoms with van der Waals surface area (Å²) in [5.74, 6) is 0.518. The van der Waals surface area contributed by atoms with E-state index in [0.717, 1.165) is 29.4 Å². The van der Waals surface area contributed by atoms with Gasteiger partial charge in [0.05, 0.1) is 0 Å². The largest absolute Gasteiger partial charge is 0.381 e. The number of nitrogens with one attached hydrogen (secondary N) is 1. The van der Waals surface area contributed by atoms with Crippen LogP contribution in [-0.4, -0.2) is 11.8 Å². The summed E-state index contributed by atoms with van der Waals surface area (Å²) >= 11 is 5.77. The lowest BCUT2D eigenvalue weighted by Gasteiger charge is -2.29. The summed E-state index contributed by atoms with van der Waals surface area (Å²) in [6.45, 7) is 2.03. The van der Waals surface area contributed by atoms with Crippen LogP contribution >= 0.6 is 38.5 Å². The average Bonchev–Trinajstić information content (AvgIpc) is 2.28. The standard InChI is InChI=1S/C13H15BrINO/c1-8-11(3-2-4-13(8)17)16-12-6-5-9(14)7-10(12)15/h5-8,11,16H,2-4H2,1H3. The molecule has 0 amide bonds. The molecule has 4 heteroatoms. The van der Waals surface area contributed by atoms with Gasteiger partial charge < -0.3 is 5.32 Å². The SMILES string of the molecule is CC1C(=O)CCCC1Nc1ccc(Br)cc1I. The van der Waals surface area contributed by atoms with E-state index in [1.165, 1.54) is 3.57 Å². The van der Waals surface area contributed by atoms with E-state index < -0.39 is 0 Å². The predicted molar refractivity (Wildman–Crippen MR) is 82.3 cm³/mol. The molecule has 0 radical (unpaired) electrons. The van der Waals surface area contributed by atoms with E-state index in [1.54, 1.807) is 0 Å². The maximum absolute atomic E-state index is 11.7. The van der Waals surface area contributed by atoms with Crippen molar-refractivity contribution in [1.29, 1.82) is 0 Å². The molecule has 1 N–H and O–H groups in total. The van der Waals surface area contributed by atoms with E-state index in [2.05, 4.69) is 56.0 Å². The maximum atomic E-state index is 11.7. The number of halogens is 2. The van der Waals surface area contributed by atoms with Crippen molar-refractivity contribution in [2.75, 3.05) is 5.32 Å². The van der Waals surface area contributed by atoms with Gasteiger partial charge in [0.2, 0.25) is 0 Å². The van der Waals surface area contributed by atoms with E-state index in [4.69, 9.17) is 0 Å². The van der Waals surface area contributed by atoms with Gasteiger partial charge in [-0.3, -0.25) is 4.79 Å². The van der Waals surface area contributed by atoms with Crippen molar-refractivity contribution in [3.05, 3.63) is 26.2 Å². The Hall–Kier alpha value is -0.100. The second-order valence-electron chi connectivity index (χ2n) is 4.52. The molecule has 0 bridgehead atoms. The van der Waals surface area contributed by atoms with Crippen LogP contribution in [0.2, 0.25) is 0 Å². The molecule has 2 rings (SSSR count). The molecule has 1 fully saturated rings. The minimum absolute atomic E-state index is 0.128. The molecule has 1 aromatic rings. The quantitative estimate of drug-likeness (QED) is 0.743. The molecule has 0 spiro atoms.